The van der Waals surface area contributed by atoms with E-state index in [0.717, 1.165) is 4.90 Å². The molecule has 0 saturated carbocycles. The van der Waals surface area contributed by atoms with Crippen molar-refractivity contribution in [2.75, 3.05) is 13.4 Å². The summed E-state index contributed by atoms with van der Waals surface area (Å²) in [6.45, 7) is 0. The van der Waals surface area contributed by atoms with E-state index < -0.39 is 5.97 Å². The van der Waals surface area contributed by atoms with Crippen LogP contribution in [0.15, 0.2) is 17.2 Å². The zero-order valence-corrected chi connectivity index (χ0v) is 8.78. The second-order valence-electron chi connectivity index (χ2n) is 2.17. The second kappa shape index (κ2) is 4.48. The average Bonchev–Trinajstić information content (AvgIpc) is 2.16. The molecular formula is C8H8ClNO2S. The Morgan fingerprint density at radius 2 is 2.38 bits per heavy atom. The summed E-state index contributed by atoms with van der Waals surface area (Å²) in [5, 5.41) is 0.179. The molecule has 1 heterocycles. The maximum absolute atomic E-state index is 11.3. The number of halogens is 1. The van der Waals surface area contributed by atoms with Gasteiger partial charge in [0.05, 0.1) is 7.11 Å². The van der Waals surface area contributed by atoms with Crippen molar-refractivity contribution >= 4 is 29.3 Å². The summed E-state index contributed by atoms with van der Waals surface area (Å²) in [5.74, 6) is -0.456. The van der Waals surface area contributed by atoms with E-state index >= 15 is 0 Å². The van der Waals surface area contributed by atoms with Gasteiger partial charge in [0, 0.05) is 11.1 Å². The van der Waals surface area contributed by atoms with Crippen LogP contribution in [0.25, 0.3) is 0 Å². The number of methoxy groups -OCH3 is 1. The number of hydrogen-bond donors (Lipinski definition) is 0. The zero-order valence-electron chi connectivity index (χ0n) is 7.20. The minimum atomic E-state index is -0.456. The number of carbonyl (C=O) groups is 1. The highest BCUT2D eigenvalue weighted by molar-refractivity contribution is 7.98. The van der Waals surface area contributed by atoms with E-state index in [1.807, 2.05) is 6.26 Å². The molecule has 0 unspecified atom stereocenters. The maximum atomic E-state index is 11.3. The third kappa shape index (κ3) is 2.14. The first kappa shape index (κ1) is 10.3. The largest absolute Gasteiger partial charge is 0.465 e. The number of aromatic nitrogens is 1. The van der Waals surface area contributed by atoms with Crippen LogP contribution in [0.1, 0.15) is 10.4 Å². The molecule has 0 radical (unpaired) electrons. The summed E-state index contributed by atoms with van der Waals surface area (Å²) in [5.41, 5.74) is 0.333. The molecule has 5 heteroatoms. The zero-order chi connectivity index (χ0) is 9.84. The molecule has 0 N–H and O–H groups in total. The first-order chi connectivity index (χ1) is 6.20. The minimum Gasteiger partial charge on any atom is -0.465 e. The van der Waals surface area contributed by atoms with E-state index in [0.29, 0.717) is 5.56 Å². The van der Waals surface area contributed by atoms with E-state index in [1.165, 1.54) is 18.9 Å². The number of ether oxygens (including phenoxy) is 1. The van der Waals surface area contributed by atoms with E-state index in [-0.39, 0.29) is 5.15 Å². The number of hydrogen-bond acceptors (Lipinski definition) is 4. The van der Waals surface area contributed by atoms with Crippen LogP contribution in [-0.4, -0.2) is 24.3 Å². The molecule has 1 aromatic heterocycles. The van der Waals surface area contributed by atoms with Crippen molar-refractivity contribution in [2.45, 2.75) is 4.90 Å². The third-order valence-electron chi connectivity index (χ3n) is 1.48. The van der Waals surface area contributed by atoms with Crippen LogP contribution in [0, 0.1) is 0 Å². The van der Waals surface area contributed by atoms with Crippen molar-refractivity contribution in [3.63, 3.8) is 0 Å². The fourth-order valence-electron chi connectivity index (χ4n) is 0.877. The molecule has 0 aliphatic carbocycles. The Morgan fingerprint density at radius 1 is 1.69 bits per heavy atom. The number of nitrogens with zero attached hydrogens (tertiary/aromatic N) is 1. The molecule has 0 fully saturated rings. The van der Waals surface area contributed by atoms with Crippen molar-refractivity contribution in [1.82, 2.24) is 4.98 Å². The van der Waals surface area contributed by atoms with Gasteiger partial charge in [-0.1, -0.05) is 11.6 Å². The Bertz CT molecular complexity index is 330. The van der Waals surface area contributed by atoms with Crippen molar-refractivity contribution in [3.05, 3.63) is 23.0 Å². The van der Waals surface area contributed by atoms with Gasteiger partial charge in [-0.2, -0.15) is 0 Å². The number of esters is 1. The highest BCUT2D eigenvalue weighted by atomic mass is 35.5. The summed E-state index contributed by atoms with van der Waals surface area (Å²) in [7, 11) is 1.32. The Kier molecular flexibility index (Phi) is 3.57. The Hall–Kier alpha value is -0.740. The van der Waals surface area contributed by atoms with Gasteiger partial charge in [-0.15, -0.1) is 11.8 Å². The van der Waals surface area contributed by atoms with Gasteiger partial charge in [-0.3, -0.25) is 0 Å². The summed E-state index contributed by atoms with van der Waals surface area (Å²) < 4.78 is 4.58. The molecule has 0 spiro atoms. The molecule has 0 aliphatic heterocycles. The van der Waals surface area contributed by atoms with Gasteiger partial charge in [0.1, 0.15) is 10.7 Å². The molecule has 0 saturated heterocycles. The Morgan fingerprint density at radius 3 is 2.92 bits per heavy atom. The first-order valence-corrected chi connectivity index (χ1v) is 5.07. The molecule has 13 heavy (non-hydrogen) atoms. The van der Waals surface area contributed by atoms with E-state index in [4.69, 9.17) is 11.6 Å². The molecule has 0 amide bonds. The van der Waals surface area contributed by atoms with Gasteiger partial charge < -0.3 is 4.74 Å². The standard InChI is InChI=1S/C8H8ClNO2S/c1-12-8(11)6-5(13-2)3-4-10-7(6)9/h3-4H,1-2H3. The second-order valence-corrected chi connectivity index (χ2v) is 3.38. The van der Waals surface area contributed by atoms with Crippen LogP contribution < -0.4 is 0 Å². The van der Waals surface area contributed by atoms with Gasteiger partial charge in [-0.05, 0) is 12.3 Å². The van der Waals surface area contributed by atoms with Crippen LogP contribution in [0.5, 0.6) is 0 Å². The van der Waals surface area contributed by atoms with Crippen LogP contribution in [0.4, 0.5) is 0 Å². The number of carbonyl (C=O) groups excluding carboxylic acids is 1. The van der Waals surface area contributed by atoms with Gasteiger partial charge in [-0.25, -0.2) is 9.78 Å². The SMILES string of the molecule is COC(=O)c1c(SC)ccnc1Cl. The highest BCUT2D eigenvalue weighted by Crippen LogP contribution is 2.25. The lowest BCUT2D eigenvalue weighted by Gasteiger charge is -2.05. The summed E-state index contributed by atoms with van der Waals surface area (Å²) >= 11 is 7.18. The molecule has 0 atom stereocenters. The van der Waals surface area contributed by atoms with Crippen molar-refractivity contribution in [1.29, 1.82) is 0 Å². The van der Waals surface area contributed by atoms with Crippen LogP contribution in [0.2, 0.25) is 5.15 Å². The van der Waals surface area contributed by atoms with Crippen molar-refractivity contribution in [3.8, 4) is 0 Å². The molecule has 0 aromatic carbocycles. The minimum absolute atomic E-state index is 0.179. The quantitative estimate of drug-likeness (QED) is 0.433. The topological polar surface area (TPSA) is 39.2 Å². The first-order valence-electron chi connectivity index (χ1n) is 3.47. The summed E-state index contributed by atoms with van der Waals surface area (Å²) in [6, 6.07) is 1.72. The van der Waals surface area contributed by atoms with Crippen LogP contribution >= 0.6 is 23.4 Å². The van der Waals surface area contributed by atoms with Crippen molar-refractivity contribution < 1.29 is 9.53 Å². The number of rotatable bonds is 2. The molecule has 0 bridgehead atoms. The van der Waals surface area contributed by atoms with Gasteiger partial charge in [0.15, 0.2) is 0 Å². The van der Waals surface area contributed by atoms with Crippen LogP contribution in [0.3, 0.4) is 0 Å². The fourth-order valence-corrected chi connectivity index (χ4v) is 1.75. The Balaban J connectivity index is 3.22. The van der Waals surface area contributed by atoms with E-state index in [9.17, 15) is 4.79 Å². The Labute approximate surface area is 85.4 Å². The molecule has 0 aliphatic rings. The van der Waals surface area contributed by atoms with E-state index in [2.05, 4.69) is 9.72 Å². The van der Waals surface area contributed by atoms with Gasteiger partial charge >= 0.3 is 5.97 Å². The van der Waals surface area contributed by atoms with E-state index in [1.54, 1.807) is 12.3 Å². The monoisotopic (exact) mass is 217 g/mol. The lowest BCUT2D eigenvalue weighted by atomic mass is 10.3. The lowest BCUT2D eigenvalue weighted by Crippen LogP contribution is -2.04. The van der Waals surface area contributed by atoms with Crippen molar-refractivity contribution in [2.24, 2.45) is 0 Å². The maximum Gasteiger partial charge on any atom is 0.342 e. The summed E-state index contributed by atoms with van der Waals surface area (Å²) in [6.07, 6.45) is 3.42. The average molecular weight is 218 g/mol. The van der Waals surface area contributed by atoms with Gasteiger partial charge in [0.25, 0.3) is 0 Å². The molecule has 70 valence electrons. The molecule has 3 nitrogen and oxygen atoms in total. The predicted molar refractivity (Wildman–Crippen MR) is 52.4 cm³/mol. The predicted octanol–water partition coefficient (Wildman–Crippen LogP) is 2.24. The number of thioether (sulfide) groups is 1. The number of pyridine rings is 1. The normalized spacial score (nSPS) is 9.77. The smallest absolute Gasteiger partial charge is 0.342 e. The van der Waals surface area contributed by atoms with Gasteiger partial charge in [0.2, 0.25) is 0 Å². The molecular weight excluding hydrogens is 210 g/mol. The lowest BCUT2D eigenvalue weighted by molar-refractivity contribution is 0.0596. The highest BCUT2D eigenvalue weighted by Gasteiger charge is 2.16. The molecule has 1 aromatic rings. The van der Waals surface area contributed by atoms with Crippen LogP contribution in [-0.2, 0) is 4.74 Å². The summed E-state index contributed by atoms with van der Waals surface area (Å²) in [4.78, 5) is 15.8. The third-order valence-corrected chi connectivity index (χ3v) is 2.54. The molecule has 1 rings (SSSR count). The fraction of sp³-hybridized carbons (Fsp3) is 0.250.